The van der Waals surface area contributed by atoms with E-state index in [1.165, 1.54) is 25.7 Å². The van der Waals surface area contributed by atoms with Crippen molar-refractivity contribution < 1.29 is 4.74 Å². The van der Waals surface area contributed by atoms with Gasteiger partial charge in [0.05, 0.1) is 0 Å². The Kier molecular flexibility index (Phi) is 9.48. The molecule has 0 spiro atoms. The van der Waals surface area contributed by atoms with Crippen LogP contribution in [-0.2, 0) is 4.74 Å². The highest BCUT2D eigenvalue weighted by Crippen LogP contribution is 2.41. The summed E-state index contributed by atoms with van der Waals surface area (Å²) in [6, 6.07) is 0. The van der Waals surface area contributed by atoms with E-state index >= 15 is 0 Å². The molecule has 0 heterocycles. The number of aliphatic imine (C=N–C) groups is 1. The molecule has 2 N–H and O–H groups in total. The molecule has 0 unspecified atom stereocenters. The Morgan fingerprint density at radius 1 is 1.23 bits per heavy atom. The fourth-order valence-electron chi connectivity index (χ4n) is 3.12. The fourth-order valence-corrected chi connectivity index (χ4v) is 3.12. The number of nitrogens with one attached hydrogen (secondary N) is 2. The van der Waals surface area contributed by atoms with Crippen LogP contribution in [0, 0.1) is 5.41 Å². The summed E-state index contributed by atoms with van der Waals surface area (Å²) < 4.78 is 5.30. The zero-order valence-electron chi connectivity index (χ0n) is 15.1. The summed E-state index contributed by atoms with van der Waals surface area (Å²) in [6.45, 7) is 6.86. The van der Waals surface area contributed by atoms with Crippen LogP contribution in [0.4, 0.5) is 0 Å². The van der Waals surface area contributed by atoms with Crippen molar-refractivity contribution in [1.29, 1.82) is 0 Å². The lowest BCUT2D eigenvalue weighted by molar-refractivity contribution is 0.141. The number of guanidine groups is 1. The number of hydrogen-bond donors (Lipinski definition) is 2. The lowest BCUT2D eigenvalue weighted by atomic mass is 9.83. The maximum absolute atomic E-state index is 5.30. The number of nitrogens with zero attached hydrogens (tertiary/aromatic N) is 2. The van der Waals surface area contributed by atoms with Gasteiger partial charge in [-0.05, 0) is 58.7 Å². The molecule has 0 aromatic carbocycles. The molecule has 0 aliphatic heterocycles. The van der Waals surface area contributed by atoms with Gasteiger partial charge >= 0.3 is 0 Å². The Morgan fingerprint density at radius 3 is 2.55 bits per heavy atom. The first-order valence-electron chi connectivity index (χ1n) is 8.78. The minimum absolute atomic E-state index is 0.363. The molecule has 0 aromatic rings. The zero-order chi connectivity index (χ0) is 16.3. The van der Waals surface area contributed by atoms with Crippen molar-refractivity contribution in [3.63, 3.8) is 0 Å². The van der Waals surface area contributed by atoms with Crippen molar-refractivity contribution in [2.75, 3.05) is 54.0 Å². The molecule has 0 bridgehead atoms. The van der Waals surface area contributed by atoms with E-state index in [0.29, 0.717) is 5.41 Å². The molecule has 5 nitrogen and oxygen atoms in total. The van der Waals surface area contributed by atoms with Crippen molar-refractivity contribution >= 4 is 5.96 Å². The molecule has 1 aliphatic carbocycles. The number of methoxy groups -OCH3 is 1. The van der Waals surface area contributed by atoms with Gasteiger partial charge in [-0.1, -0.05) is 12.8 Å². The molecule has 1 saturated carbocycles. The van der Waals surface area contributed by atoms with E-state index in [2.05, 4.69) is 36.6 Å². The van der Waals surface area contributed by atoms with Crippen LogP contribution in [0.25, 0.3) is 0 Å². The topological polar surface area (TPSA) is 48.9 Å². The zero-order valence-corrected chi connectivity index (χ0v) is 15.1. The maximum Gasteiger partial charge on any atom is 0.191 e. The predicted molar refractivity (Wildman–Crippen MR) is 94.5 cm³/mol. The van der Waals surface area contributed by atoms with Crippen LogP contribution in [-0.4, -0.2) is 64.9 Å². The van der Waals surface area contributed by atoms with Crippen LogP contribution in [0.1, 0.15) is 45.4 Å². The highest BCUT2D eigenvalue weighted by atomic mass is 16.5. The molecule has 22 heavy (non-hydrogen) atoms. The van der Waals surface area contributed by atoms with Crippen LogP contribution in [0.2, 0.25) is 0 Å². The van der Waals surface area contributed by atoms with Gasteiger partial charge in [0.1, 0.15) is 0 Å². The molecule has 0 atom stereocenters. The normalized spacial score (nSPS) is 18.0. The summed E-state index contributed by atoms with van der Waals surface area (Å²) in [4.78, 5) is 7.07. The van der Waals surface area contributed by atoms with Gasteiger partial charge in [0, 0.05) is 33.4 Å². The van der Waals surface area contributed by atoms with Gasteiger partial charge in [-0.2, -0.15) is 0 Å². The predicted octanol–water partition coefficient (Wildman–Crippen LogP) is 2.09. The van der Waals surface area contributed by atoms with Gasteiger partial charge in [-0.3, -0.25) is 4.99 Å². The monoisotopic (exact) mass is 312 g/mol. The van der Waals surface area contributed by atoms with Crippen LogP contribution < -0.4 is 10.6 Å². The largest absolute Gasteiger partial charge is 0.385 e. The van der Waals surface area contributed by atoms with E-state index in [4.69, 9.17) is 9.73 Å². The highest BCUT2D eigenvalue weighted by Gasteiger charge is 2.33. The molecule has 5 heteroatoms. The van der Waals surface area contributed by atoms with E-state index in [9.17, 15) is 0 Å². The molecule has 0 saturated heterocycles. The van der Waals surface area contributed by atoms with Crippen molar-refractivity contribution in [3.8, 4) is 0 Å². The van der Waals surface area contributed by atoms with Crippen molar-refractivity contribution in [3.05, 3.63) is 0 Å². The molecule has 130 valence electrons. The summed E-state index contributed by atoms with van der Waals surface area (Å²) in [5.41, 5.74) is 0.363. The molecule has 0 aromatic heterocycles. The summed E-state index contributed by atoms with van der Waals surface area (Å²) in [6.07, 6.45) is 7.52. The molecule has 1 fully saturated rings. The van der Waals surface area contributed by atoms with E-state index < -0.39 is 0 Å². The molecular formula is C17H36N4O. The summed E-state index contributed by atoms with van der Waals surface area (Å²) in [5.74, 6) is 0.963. The van der Waals surface area contributed by atoms with Gasteiger partial charge < -0.3 is 20.3 Å². The fraction of sp³-hybridized carbons (Fsp3) is 0.941. The second-order valence-electron chi connectivity index (χ2n) is 6.73. The number of ether oxygens (including phenoxy) is 1. The lowest BCUT2D eigenvalue weighted by Gasteiger charge is -2.27. The third kappa shape index (κ3) is 7.45. The summed E-state index contributed by atoms with van der Waals surface area (Å²) >= 11 is 0. The Hall–Kier alpha value is -0.810. The Labute approximate surface area is 136 Å². The van der Waals surface area contributed by atoms with E-state index in [1.807, 2.05) is 0 Å². The average molecular weight is 313 g/mol. The van der Waals surface area contributed by atoms with Gasteiger partial charge in [-0.15, -0.1) is 0 Å². The number of rotatable bonds is 10. The Balaban J connectivity index is 2.47. The van der Waals surface area contributed by atoms with Gasteiger partial charge in [0.15, 0.2) is 5.96 Å². The Bertz CT molecular complexity index is 312. The molecular weight excluding hydrogens is 276 g/mol. The van der Waals surface area contributed by atoms with Crippen molar-refractivity contribution in [2.24, 2.45) is 10.4 Å². The lowest BCUT2D eigenvalue weighted by Crippen LogP contribution is -2.39. The average Bonchev–Trinajstić information content (AvgIpc) is 2.96. The standard InChI is InChI=1S/C17H36N4O/c1-5-18-16(19-12-8-13-21(2)3)20-15-17(11-14-22-4)9-6-7-10-17/h5-15H2,1-4H3,(H2,18,19,20). The van der Waals surface area contributed by atoms with Gasteiger partial charge in [-0.25, -0.2) is 0 Å². The smallest absolute Gasteiger partial charge is 0.191 e. The van der Waals surface area contributed by atoms with E-state index in [1.54, 1.807) is 7.11 Å². The summed E-state index contributed by atoms with van der Waals surface area (Å²) in [7, 11) is 6.01. The second-order valence-corrected chi connectivity index (χ2v) is 6.73. The van der Waals surface area contributed by atoms with Gasteiger partial charge in [0.25, 0.3) is 0 Å². The van der Waals surface area contributed by atoms with E-state index in [-0.39, 0.29) is 0 Å². The van der Waals surface area contributed by atoms with Crippen LogP contribution >= 0.6 is 0 Å². The second kappa shape index (κ2) is 10.8. The van der Waals surface area contributed by atoms with E-state index in [0.717, 1.165) is 51.6 Å². The van der Waals surface area contributed by atoms with Crippen LogP contribution in [0.15, 0.2) is 4.99 Å². The van der Waals surface area contributed by atoms with Crippen molar-refractivity contribution in [2.45, 2.75) is 45.4 Å². The van der Waals surface area contributed by atoms with Crippen LogP contribution in [0.3, 0.4) is 0 Å². The SMILES string of the molecule is CCNC(=NCC1(CCOC)CCCC1)NCCCN(C)C. The van der Waals surface area contributed by atoms with Gasteiger partial charge in [0.2, 0.25) is 0 Å². The third-order valence-corrected chi connectivity index (χ3v) is 4.49. The Morgan fingerprint density at radius 2 is 1.95 bits per heavy atom. The molecule has 1 rings (SSSR count). The first-order chi connectivity index (χ1) is 10.6. The molecule has 1 aliphatic rings. The quantitative estimate of drug-likeness (QED) is 0.368. The minimum atomic E-state index is 0.363. The third-order valence-electron chi connectivity index (χ3n) is 4.49. The number of hydrogen-bond acceptors (Lipinski definition) is 3. The molecule has 0 radical (unpaired) electrons. The first-order valence-corrected chi connectivity index (χ1v) is 8.78. The summed E-state index contributed by atoms with van der Waals surface area (Å²) in [5, 5.41) is 6.82. The first kappa shape index (κ1) is 19.2. The van der Waals surface area contributed by atoms with Crippen LogP contribution in [0.5, 0.6) is 0 Å². The van der Waals surface area contributed by atoms with Crippen molar-refractivity contribution in [1.82, 2.24) is 15.5 Å². The highest BCUT2D eigenvalue weighted by molar-refractivity contribution is 5.79. The minimum Gasteiger partial charge on any atom is -0.385 e. The maximum atomic E-state index is 5.30. The molecule has 0 amide bonds.